The summed E-state index contributed by atoms with van der Waals surface area (Å²) >= 11 is 7.42. The highest BCUT2D eigenvalue weighted by molar-refractivity contribution is 7.17. The first-order chi connectivity index (χ1) is 16.1. The van der Waals surface area contributed by atoms with Crippen molar-refractivity contribution in [2.75, 3.05) is 31.1 Å². The first-order valence-electron chi connectivity index (χ1n) is 11.2. The molecule has 4 heterocycles. The van der Waals surface area contributed by atoms with E-state index in [-0.39, 0.29) is 11.5 Å². The van der Waals surface area contributed by atoms with Gasteiger partial charge >= 0.3 is 0 Å². The van der Waals surface area contributed by atoms with E-state index >= 15 is 0 Å². The lowest BCUT2D eigenvalue weighted by Gasteiger charge is -2.36. The molecule has 4 aromatic rings. The van der Waals surface area contributed by atoms with Crippen molar-refractivity contribution >= 4 is 50.5 Å². The molecule has 5 rings (SSSR count). The van der Waals surface area contributed by atoms with Crippen LogP contribution in [0.5, 0.6) is 0 Å². The van der Waals surface area contributed by atoms with E-state index in [9.17, 15) is 9.59 Å². The maximum atomic E-state index is 12.9. The number of anilines is 1. The normalized spacial score (nSPS) is 14.5. The molecule has 1 fully saturated rings. The quantitative estimate of drug-likeness (QED) is 0.419. The van der Waals surface area contributed by atoms with Gasteiger partial charge in [-0.15, -0.1) is 21.5 Å². The standard InChI is InChI=1S/C23H25ClN6O2S/c1-2-10-29-22(32)21-18(9-15-33-21)30-19(25-26-23(29)30)7-8-20(31)28-13-11-27(12-14-28)17-5-3-16(24)4-6-17/h3-6,9,15H,2,7-8,10-14H2,1H3. The van der Waals surface area contributed by atoms with Crippen LogP contribution in [0.2, 0.25) is 5.02 Å². The van der Waals surface area contributed by atoms with Crippen LogP contribution in [0.1, 0.15) is 25.6 Å². The number of amides is 1. The molecule has 0 spiro atoms. The first-order valence-corrected chi connectivity index (χ1v) is 12.4. The third kappa shape index (κ3) is 4.11. The van der Waals surface area contributed by atoms with Gasteiger partial charge < -0.3 is 9.80 Å². The Hall–Kier alpha value is -2.91. The zero-order chi connectivity index (χ0) is 22.9. The van der Waals surface area contributed by atoms with Crippen LogP contribution in [0.3, 0.4) is 0 Å². The average Bonchev–Trinajstić information content (AvgIpc) is 3.48. The zero-order valence-electron chi connectivity index (χ0n) is 18.4. The van der Waals surface area contributed by atoms with Crippen LogP contribution >= 0.6 is 22.9 Å². The molecule has 172 valence electrons. The zero-order valence-corrected chi connectivity index (χ0v) is 20.0. The van der Waals surface area contributed by atoms with Gasteiger partial charge in [-0.25, -0.2) is 0 Å². The second-order valence-electron chi connectivity index (χ2n) is 8.19. The van der Waals surface area contributed by atoms with Crippen molar-refractivity contribution in [3.8, 4) is 0 Å². The van der Waals surface area contributed by atoms with Gasteiger partial charge in [0.05, 0.1) is 5.52 Å². The minimum absolute atomic E-state index is 0.0251. The minimum Gasteiger partial charge on any atom is -0.368 e. The van der Waals surface area contributed by atoms with Crippen LogP contribution in [0.25, 0.3) is 16.0 Å². The predicted molar refractivity (Wildman–Crippen MR) is 131 cm³/mol. The average molecular weight is 485 g/mol. The van der Waals surface area contributed by atoms with Crippen molar-refractivity contribution in [2.24, 2.45) is 0 Å². The number of hydrogen-bond donors (Lipinski definition) is 0. The molecule has 0 N–H and O–H groups in total. The molecule has 0 unspecified atom stereocenters. The maximum absolute atomic E-state index is 12.9. The molecule has 0 bridgehead atoms. The molecule has 0 atom stereocenters. The monoisotopic (exact) mass is 484 g/mol. The van der Waals surface area contributed by atoms with Crippen LogP contribution in [0.4, 0.5) is 5.69 Å². The summed E-state index contributed by atoms with van der Waals surface area (Å²) in [5.41, 5.74) is 1.92. The van der Waals surface area contributed by atoms with Crippen molar-refractivity contribution in [1.29, 1.82) is 0 Å². The van der Waals surface area contributed by atoms with E-state index in [1.807, 2.05) is 51.9 Å². The molecule has 0 radical (unpaired) electrons. The number of thiophene rings is 1. The van der Waals surface area contributed by atoms with Crippen molar-refractivity contribution in [2.45, 2.75) is 32.7 Å². The maximum Gasteiger partial charge on any atom is 0.272 e. The van der Waals surface area contributed by atoms with Crippen molar-refractivity contribution in [1.82, 2.24) is 24.1 Å². The Morgan fingerprint density at radius 2 is 1.85 bits per heavy atom. The Morgan fingerprint density at radius 1 is 1.09 bits per heavy atom. The van der Waals surface area contributed by atoms with Gasteiger partial charge in [-0.3, -0.25) is 18.6 Å². The number of piperazine rings is 1. The van der Waals surface area contributed by atoms with E-state index in [1.165, 1.54) is 11.3 Å². The van der Waals surface area contributed by atoms with Crippen LogP contribution in [0, 0.1) is 0 Å². The van der Waals surface area contributed by atoms with Gasteiger partial charge in [-0.1, -0.05) is 18.5 Å². The first kappa shape index (κ1) is 21.9. The molecule has 1 aromatic carbocycles. The topological polar surface area (TPSA) is 75.7 Å². The third-order valence-corrected chi connectivity index (χ3v) is 7.26. The Labute approximate surface area is 200 Å². The van der Waals surface area contributed by atoms with Gasteiger partial charge in [-0.05, 0) is 42.1 Å². The summed E-state index contributed by atoms with van der Waals surface area (Å²) in [5.74, 6) is 1.38. The number of aromatic nitrogens is 4. The molecule has 1 aliphatic heterocycles. The fourth-order valence-electron chi connectivity index (χ4n) is 4.41. The third-order valence-electron chi connectivity index (χ3n) is 6.11. The second kappa shape index (κ2) is 9.15. The van der Waals surface area contributed by atoms with Gasteiger partial charge in [0.25, 0.3) is 5.56 Å². The Morgan fingerprint density at radius 3 is 2.58 bits per heavy atom. The highest BCUT2D eigenvalue weighted by Gasteiger charge is 2.23. The molecule has 1 amide bonds. The molecular formula is C23H25ClN6O2S. The van der Waals surface area contributed by atoms with Crippen LogP contribution in [-0.4, -0.2) is 56.2 Å². The molecule has 8 nitrogen and oxygen atoms in total. The van der Waals surface area contributed by atoms with E-state index < -0.39 is 0 Å². The van der Waals surface area contributed by atoms with Crippen LogP contribution in [0.15, 0.2) is 40.5 Å². The Bertz CT molecular complexity index is 1350. The number of carbonyl (C=O) groups is 1. The van der Waals surface area contributed by atoms with E-state index in [1.54, 1.807) is 4.57 Å². The van der Waals surface area contributed by atoms with Crippen molar-refractivity contribution < 1.29 is 4.79 Å². The lowest BCUT2D eigenvalue weighted by atomic mass is 10.2. The van der Waals surface area contributed by atoms with Crippen LogP contribution in [-0.2, 0) is 17.8 Å². The Kier molecular flexibility index (Phi) is 6.07. The number of carbonyl (C=O) groups excluding carboxylic acids is 1. The summed E-state index contributed by atoms with van der Waals surface area (Å²) in [6.07, 6.45) is 1.67. The summed E-state index contributed by atoms with van der Waals surface area (Å²) < 4.78 is 4.32. The van der Waals surface area contributed by atoms with Gasteiger partial charge in [0, 0.05) is 56.3 Å². The van der Waals surface area contributed by atoms with E-state index in [2.05, 4.69) is 15.1 Å². The summed E-state index contributed by atoms with van der Waals surface area (Å²) in [6, 6.07) is 9.73. The van der Waals surface area contributed by atoms with E-state index in [0.29, 0.717) is 48.8 Å². The fraction of sp³-hybridized carbons (Fsp3) is 0.391. The fourth-order valence-corrected chi connectivity index (χ4v) is 5.36. The largest absolute Gasteiger partial charge is 0.368 e. The van der Waals surface area contributed by atoms with Crippen LogP contribution < -0.4 is 10.5 Å². The summed E-state index contributed by atoms with van der Waals surface area (Å²) in [4.78, 5) is 30.0. The number of aryl methyl sites for hydroxylation is 2. The van der Waals surface area contributed by atoms with Gasteiger partial charge in [0.1, 0.15) is 10.5 Å². The molecule has 10 heteroatoms. The molecular weight excluding hydrogens is 460 g/mol. The molecule has 0 aliphatic carbocycles. The highest BCUT2D eigenvalue weighted by atomic mass is 35.5. The lowest BCUT2D eigenvalue weighted by Crippen LogP contribution is -2.48. The Balaban J connectivity index is 1.29. The van der Waals surface area contributed by atoms with E-state index in [4.69, 9.17) is 11.6 Å². The van der Waals surface area contributed by atoms with Gasteiger partial charge in [0.2, 0.25) is 11.7 Å². The number of nitrogens with zero attached hydrogens (tertiary/aromatic N) is 6. The molecule has 1 aliphatic rings. The van der Waals surface area contributed by atoms with Gasteiger partial charge in [0.15, 0.2) is 0 Å². The highest BCUT2D eigenvalue weighted by Crippen LogP contribution is 2.22. The van der Waals surface area contributed by atoms with Gasteiger partial charge in [-0.2, -0.15) is 0 Å². The smallest absolute Gasteiger partial charge is 0.272 e. The molecule has 3 aromatic heterocycles. The summed E-state index contributed by atoms with van der Waals surface area (Å²) in [6.45, 7) is 5.58. The number of rotatable bonds is 6. The lowest BCUT2D eigenvalue weighted by molar-refractivity contribution is -0.131. The SMILES string of the molecule is CCCn1c(=O)c2sccc2n2c(CCC(=O)N3CCN(c4ccc(Cl)cc4)CC3)nnc12. The second-order valence-corrected chi connectivity index (χ2v) is 9.54. The van der Waals surface area contributed by atoms with E-state index in [0.717, 1.165) is 35.7 Å². The molecule has 0 saturated carbocycles. The minimum atomic E-state index is -0.0251. The molecule has 33 heavy (non-hydrogen) atoms. The predicted octanol–water partition coefficient (Wildman–Crippen LogP) is 3.45. The number of halogens is 1. The molecule has 1 saturated heterocycles. The number of fused-ring (bicyclic) bond motifs is 3. The number of hydrogen-bond acceptors (Lipinski definition) is 6. The summed E-state index contributed by atoms with van der Waals surface area (Å²) in [7, 11) is 0. The number of benzene rings is 1. The summed E-state index contributed by atoms with van der Waals surface area (Å²) in [5, 5.41) is 11.3. The van der Waals surface area contributed by atoms with Crippen molar-refractivity contribution in [3.63, 3.8) is 0 Å². The van der Waals surface area contributed by atoms with Crippen molar-refractivity contribution in [3.05, 3.63) is 56.9 Å².